The smallest absolute Gasteiger partial charge is 0.0927 e. The quantitative estimate of drug-likeness (QED) is 0.662. The van der Waals surface area contributed by atoms with Crippen molar-refractivity contribution in [2.24, 2.45) is 0 Å². The maximum absolute atomic E-state index is 6.36. The van der Waals surface area contributed by atoms with E-state index in [4.69, 9.17) is 11.6 Å². The molecule has 72 valence electrons. The first-order valence-corrected chi connectivity index (χ1v) is 5.83. The fraction of sp³-hybridized carbons (Fsp3) is 0.167. The first-order chi connectivity index (χ1) is 6.77. The zero-order valence-electron chi connectivity index (χ0n) is 7.91. The molecule has 0 saturated carbocycles. The van der Waals surface area contributed by atoms with Crippen LogP contribution in [0, 0.1) is 6.92 Å². The third-order valence-electron chi connectivity index (χ3n) is 2.13. The third-order valence-corrected chi connectivity index (χ3v) is 3.68. The Morgan fingerprint density at radius 2 is 2.07 bits per heavy atom. The van der Waals surface area contributed by atoms with Crippen molar-refractivity contribution < 1.29 is 0 Å². The summed E-state index contributed by atoms with van der Waals surface area (Å²) in [5, 5.41) is 2.05. The molecule has 0 saturated heterocycles. The van der Waals surface area contributed by atoms with E-state index in [-0.39, 0.29) is 5.38 Å². The van der Waals surface area contributed by atoms with Crippen LogP contribution in [0.3, 0.4) is 0 Å². The lowest BCUT2D eigenvalue weighted by Gasteiger charge is -2.07. The minimum Gasteiger partial charge on any atom is -0.147 e. The molecule has 14 heavy (non-hydrogen) atoms. The second-order valence-electron chi connectivity index (χ2n) is 3.29. The summed E-state index contributed by atoms with van der Waals surface area (Å²) in [5.41, 5.74) is 2.43. The van der Waals surface area contributed by atoms with E-state index in [0.29, 0.717) is 0 Å². The van der Waals surface area contributed by atoms with Gasteiger partial charge in [-0.3, -0.25) is 0 Å². The van der Waals surface area contributed by atoms with Gasteiger partial charge < -0.3 is 0 Å². The molecule has 1 unspecified atom stereocenters. The van der Waals surface area contributed by atoms with Gasteiger partial charge in [0.25, 0.3) is 0 Å². The van der Waals surface area contributed by atoms with Crippen LogP contribution >= 0.6 is 22.9 Å². The van der Waals surface area contributed by atoms with Crippen LogP contribution in [0.1, 0.15) is 21.4 Å². The minimum atomic E-state index is -0.00472. The van der Waals surface area contributed by atoms with Crippen molar-refractivity contribution in [2.75, 3.05) is 0 Å². The van der Waals surface area contributed by atoms with E-state index in [9.17, 15) is 0 Å². The second kappa shape index (κ2) is 4.16. The lowest BCUT2D eigenvalue weighted by atomic mass is 10.1. The molecule has 2 heteroatoms. The van der Waals surface area contributed by atoms with Crippen LogP contribution in [0.4, 0.5) is 0 Å². The number of alkyl halides is 1. The van der Waals surface area contributed by atoms with Crippen LogP contribution < -0.4 is 0 Å². The fourth-order valence-electron chi connectivity index (χ4n) is 1.43. The molecule has 1 aromatic carbocycles. The first kappa shape index (κ1) is 9.75. The number of hydrogen-bond donors (Lipinski definition) is 0. The molecule has 1 atom stereocenters. The molecule has 0 aliphatic rings. The van der Waals surface area contributed by atoms with Crippen LogP contribution in [-0.2, 0) is 0 Å². The summed E-state index contributed by atoms with van der Waals surface area (Å²) in [6.45, 7) is 2.08. The summed E-state index contributed by atoms with van der Waals surface area (Å²) < 4.78 is 0. The number of thiophene rings is 1. The fourth-order valence-corrected chi connectivity index (χ4v) is 2.52. The molecule has 2 aromatic rings. The Kier molecular flexibility index (Phi) is 2.90. The molecule has 0 radical (unpaired) electrons. The molecular formula is C12H11ClS. The number of aryl methyl sites for hydroxylation is 1. The third kappa shape index (κ3) is 1.99. The van der Waals surface area contributed by atoms with Crippen LogP contribution in [-0.4, -0.2) is 0 Å². The van der Waals surface area contributed by atoms with Crippen molar-refractivity contribution in [3.63, 3.8) is 0 Å². The Morgan fingerprint density at radius 3 is 2.71 bits per heavy atom. The predicted molar refractivity (Wildman–Crippen MR) is 63.2 cm³/mol. The van der Waals surface area contributed by atoms with Gasteiger partial charge in [0.05, 0.1) is 5.38 Å². The van der Waals surface area contributed by atoms with Gasteiger partial charge in [-0.2, -0.15) is 0 Å². The highest BCUT2D eigenvalue weighted by Gasteiger charge is 2.10. The maximum Gasteiger partial charge on any atom is 0.0927 e. The Balaban J connectivity index is 2.32. The highest BCUT2D eigenvalue weighted by Crippen LogP contribution is 2.31. The standard InChI is InChI=1S/C12H11ClS/c1-9-4-2-5-10(8-9)12(13)11-6-3-7-14-11/h2-8,12H,1H3. The van der Waals surface area contributed by atoms with Gasteiger partial charge in [-0.25, -0.2) is 0 Å². The van der Waals surface area contributed by atoms with Gasteiger partial charge in [0, 0.05) is 4.88 Å². The van der Waals surface area contributed by atoms with E-state index in [1.165, 1.54) is 16.0 Å². The van der Waals surface area contributed by atoms with Crippen LogP contribution in [0.5, 0.6) is 0 Å². The van der Waals surface area contributed by atoms with E-state index >= 15 is 0 Å². The SMILES string of the molecule is Cc1cccc(C(Cl)c2cccs2)c1. The molecule has 1 heterocycles. The second-order valence-corrected chi connectivity index (χ2v) is 4.71. The minimum absolute atomic E-state index is 0.00472. The number of halogens is 1. The van der Waals surface area contributed by atoms with Gasteiger partial charge in [0.1, 0.15) is 0 Å². The molecular weight excluding hydrogens is 212 g/mol. The van der Waals surface area contributed by atoms with Crippen molar-refractivity contribution in [1.29, 1.82) is 0 Å². The van der Waals surface area contributed by atoms with E-state index < -0.39 is 0 Å². The molecule has 0 N–H and O–H groups in total. The summed E-state index contributed by atoms with van der Waals surface area (Å²) in [7, 11) is 0. The van der Waals surface area contributed by atoms with Gasteiger partial charge in [0.2, 0.25) is 0 Å². The summed E-state index contributed by atoms with van der Waals surface area (Å²) in [6.07, 6.45) is 0. The summed E-state index contributed by atoms with van der Waals surface area (Å²) >= 11 is 8.06. The predicted octanol–water partition coefficient (Wildman–Crippen LogP) is 4.38. The van der Waals surface area contributed by atoms with E-state index in [1.54, 1.807) is 11.3 Å². The molecule has 0 spiro atoms. The lowest BCUT2D eigenvalue weighted by molar-refractivity contribution is 1.17. The molecule has 0 amide bonds. The van der Waals surface area contributed by atoms with Crippen molar-refractivity contribution in [3.8, 4) is 0 Å². The van der Waals surface area contributed by atoms with Gasteiger partial charge in [0.15, 0.2) is 0 Å². The Bertz CT molecular complexity index is 406. The number of hydrogen-bond acceptors (Lipinski definition) is 1. The Hall–Kier alpha value is -0.790. The molecule has 2 rings (SSSR count). The van der Waals surface area contributed by atoms with E-state index in [1.807, 2.05) is 12.1 Å². The van der Waals surface area contributed by atoms with Crippen molar-refractivity contribution in [1.82, 2.24) is 0 Å². The summed E-state index contributed by atoms with van der Waals surface area (Å²) in [4.78, 5) is 1.21. The van der Waals surface area contributed by atoms with Gasteiger partial charge >= 0.3 is 0 Å². The first-order valence-electron chi connectivity index (χ1n) is 4.51. The van der Waals surface area contributed by atoms with Crippen molar-refractivity contribution in [3.05, 3.63) is 57.8 Å². The highest BCUT2D eigenvalue weighted by molar-refractivity contribution is 7.10. The van der Waals surface area contributed by atoms with Crippen LogP contribution in [0.15, 0.2) is 41.8 Å². The molecule has 0 aliphatic heterocycles. The zero-order chi connectivity index (χ0) is 9.97. The van der Waals surface area contributed by atoms with E-state index in [2.05, 4.69) is 36.6 Å². The largest absolute Gasteiger partial charge is 0.147 e. The van der Waals surface area contributed by atoms with Gasteiger partial charge in [-0.1, -0.05) is 35.9 Å². The van der Waals surface area contributed by atoms with Gasteiger partial charge in [-0.15, -0.1) is 22.9 Å². The molecule has 0 bridgehead atoms. The Labute approximate surface area is 93.2 Å². The van der Waals surface area contributed by atoms with Crippen molar-refractivity contribution in [2.45, 2.75) is 12.3 Å². The molecule has 0 nitrogen and oxygen atoms in total. The molecule has 1 aromatic heterocycles. The average Bonchev–Trinajstić information content (AvgIpc) is 2.69. The van der Waals surface area contributed by atoms with Crippen molar-refractivity contribution >= 4 is 22.9 Å². The van der Waals surface area contributed by atoms with Crippen LogP contribution in [0.2, 0.25) is 0 Å². The average molecular weight is 223 g/mol. The Morgan fingerprint density at radius 1 is 1.21 bits per heavy atom. The zero-order valence-corrected chi connectivity index (χ0v) is 9.48. The summed E-state index contributed by atoms with van der Waals surface area (Å²) in [5.74, 6) is 0. The molecule has 0 aliphatic carbocycles. The molecule has 0 fully saturated rings. The number of benzene rings is 1. The topological polar surface area (TPSA) is 0 Å². The van der Waals surface area contributed by atoms with Crippen LogP contribution in [0.25, 0.3) is 0 Å². The maximum atomic E-state index is 6.36. The highest BCUT2D eigenvalue weighted by atomic mass is 35.5. The van der Waals surface area contributed by atoms with Gasteiger partial charge in [-0.05, 0) is 23.9 Å². The normalized spacial score (nSPS) is 12.7. The number of rotatable bonds is 2. The monoisotopic (exact) mass is 222 g/mol. The lowest BCUT2D eigenvalue weighted by Crippen LogP contribution is -1.90. The van der Waals surface area contributed by atoms with E-state index in [0.717, 1.165) is 0 Å². The summed E-state index contributed by atoms with van der Waals surface area (Å²) in [6, 6.07) is 12.5.